The molecule has 1 aliphatic carbocycles. The van der Waals surface area contributed by atoms with E-state index < -0.39 is 6.10 Å². The third kappa shape index (κ3) is 2.99. The van der Waals surface area contributed by atoms with Gasteiger partial charge in [0, 0.05) is 16.3 Å². The predicted octanol–water partition coefficient (Wildman–Crippen LogP) is 4.17. The zero-order valence-electron chi connectivity index (χ0n) is 10.9. The maximum Gasteiger partial charge on any atom is 0.0838 e. The molecule has 1 atom stereocenters. The average molecular weight is 268 g/mol. The molecule has 1 unspecified atom stereocenters. The Morgan fingerprint density at radius 3 is 2.56 bits per heavy atom. The Labute approximate surface area is 114 Å². The van der Waals surface area contributed by atoms with Gasteiger partial charge < -0.3 is 10.8 Å². The van der Waals surface area contributed by atoms with Crippen molar-refractivity contribution in [3.05, 3.63) is 28.8 Å². The molecule has 1 aromatic carbocycles. The molecule has 1 saturated carbocycles. The van der Waals surface area contributed by atoms with E-state index in [1.807, 2.05) is 6.07 Å². The summed E-state index contributed by atoms with van der Waals surface area (Å²) in [4.78, 5) is 0. The van der Waals surface area contributed by atoms with Crippen molar-refractivity contribution in [2.24, 2.45) is 11.8 Å². The topological polar surface area (TPSA) is 46.2 Å². The summed E-state index contributed by atoms with van der Waals surface area (Å²) in [6.07, 6.45) is 5.47. The van der Waals surface area contributed by atoms with Gasteiger partial charge in [0.15, 0.2) is 0 Å². The van der Waals surface area contributed by atoms with Crippen molar-refractivity contribution in [2.75, 3.05) is 5.73 Å². The second-order valence-corrected chi connectivity index (χ2v) is 5.84. The van der Waals surface area contributed by atoms with Crippen LogP contribution in [0.1, 0.15) is 50.7 Å². The number of hydrogen-bond donors (Lipinski definition) is 2. The van der Waals surface area contributed by atoms with Gasteiger partial charge in [0.25, 0.3) is 0 Å². The van der Waals surface area contributed by atoms with E-state index in [1.54, 1.807) is 12.1 Å². The number of aliphatic hydroxyl groups is 1. The highest BCUT2D eigenvalue weighted by atomic mass is 35.5. The van der Waals surface area contributed by atoms with Crippen LogP contribution in [0, 0.1) is 11.8 Å². The van der Waals surface area contributed by atoms with E-state index in [1.165, 1.54) is 19.3 Å². The van der Waals surface area contributed by atoms with Crippen LogP contribution < -0.4 is 5.73 Å². The van der Waals surface area contributed by atoms with Crippen LogP contribution in [0.5, 0.6) is 0 Å². The molecule has 0 spiro atoms. The summed E-state index contributed by atoms with van der Waals surface area (Å²) >= 11 is 5.88. The molecule has 2 nitrogen and oxygen atoms in total. The summed E-state index contributed by atoms with van der Waals surface area (Å²) in [7, 11) is 0. The minimum atomic E-state index is -0.444. The first kappa shape index (κ1) is 13.7. The van der Waals surface area contributed by atoms with E-state index in [-0.39, 0.29) is 0 Å². The maximum absolute atomic E-state index is 10.5. The molecule has 3 N–H and O–H groups in total. The van der Waals surface area contributed by atoms with Crippen molar-refractivity contribution in [1.29, 1.82) is 0 Å². The third-order valence-corrected chi connectivity index (χ3v) is 4.52. The molecule has 0 heterocycles. The van der Waals surface area contributed by atoms with Crippen molar-refractivity contribution in [3.63, 3.8) is 0 Å². The first-order valence-corrected chi connectivity index (χ1v) is 7.22. The predicted molar refractivity (Wildman–Crippen MR) is 76.6 cm³/mol. The molecule has 1 aliphatic rings. The Bertz CT molecular complexity index is 399. The minimum Gasteiger partial charge on any atom is -0.398 e. The number of hydrogen-bond acceptors (Lipinski definition) is 2. The molecule has 0 aliphatic heterocycles. The lowest BCUT2D eigenvalue weighted by molar-refractivity contribution is 0.0735. The Kier molecular flexibility index (Phi) is 4.52. The van der Waals surface area contributed by atoms with Gasteiger partial charge in [0.05, 0.1) is 6.10 Å². The molecule has 0 saturated heterocycles. The zero-order chi connectivity index (χ0) is 13.1. The summed E-state index contributed by atoms with van der Waals surface area (Å²) < 4.78 is 0. The molecule has 18 heavy (non-hydrogen) atoms. The van der Waals surface area contributed by atoms with Crippen LogP contribution in [0.25, 0.3) is 0 Å². The highest BCUT2D eigenvalue weighted by Gasteiger charge is 2.27. The molecule has 0 bridgehead atoms. The molecule has 0 radical (unpaired) electrons. The summed E-state index contributed by atoms with van der Waals surface area (Å²) in [5.74, 6) is 1.19. The number of nitrogens with two attached hydrogens (primary N) is 1. The fraction of sp³-hybridized carbons (Fsp3) is 0.600. The summed E-state index contributed by atoms with van der Waals surface area (Å²) in [5.41, 5.74) is 7.38. The SMILES string of the molecule is CCC1CCC(C(O)c2ccc(Cl)cc2N)CC1. The molecule has 100 valence electrons. The minimum absolute atomic E-state index is 0.344. The number of rotatable bonds is 3. The van der Waals surface area contributed by atoms with Gasteiger partial charge in [-0.05, 0) is 36.8 Å². The van der Waals surface area contributed by atoms with Crippen molar-refractivity contribution >= 4 is 17.3 Å². The van der Waals surface area contributed by atoms with Crippen LogP contribution in [-0.4, -0.2) is 5.11 Å². The molecular formula is C15H22ClNO. The second-order valence-electron chi connectivity index (χ2n) is 5.41. The standard InChI is InChI=1S/C15H22ClNO/c1-2-10-3-5-11(6-4-10)15(18)13-8-7-12(16)9-14(13)17/h7-11,15,18H,2-6,17H2,1H3. The van der Waals surface area contributed by atoms with Crippen LogP contribution in [-0.2, 0) is 0 Å². The fourth-order valence-electron chi connectivity index (χ4n) is 2.98. The fourth-order valence-corrected chi connectivity index (χ4v) is 3.16. The number of halogens is 1. The smallest absolute Gasteiger partial charge is 0.0838 e. The van der Waals surface area contributed by atoms with Gasteiger partial charge in [-0.2, -0.15) is 0 Å². The van der Waals surface area contributed by atoms with Crippen LogP contribution in [0.2, 0.25) is 5.02 Å². The van der Waals surface area contributed by atoms with Crippen molar-refractivity contribution in [3.8, 4) is 0 Å². The van der Waals surface area contributed by atoms with Crippen molar-refractivity contribution in [1.82, 2.24) is 0 Å². The first-order valence-electron chi connectivity index (χ1n) is 6.84. The van der Waals surface area contributed by atoms with Gasteiger partial charge in [-0.25, -0.2) is 0 Å². The molecule has 1 aromatic rings. The van der Waals surface area contributed by atoms with Crippen molar-refractivity contribution in [2.45, 2.75) is 45.1 Å². The number of aliphatic hydroxyl groups excluding tert-OH is 1. The zero-order valence-corrected chi connectivity index (χ0v) is 11.7. The van der Waals surface area contributed by atoms with E-state index >= 15 is 0 Å². The highest BCUT2D eigenvalue weighted by Crippen LogP contribution is 2.39. The molecule has 1 fully saturated rings. The van der Waals surface area contributed by atoms with Gasteiger partial charge in [-0.3, -0.25) is 0 Å². The van der Waals surface area contributed by atoms with E-state index in [0.717, 1.165) is 24.3 Å². The van der Waals surface area contributed by atoms with Gasteiger partial charge in [-0.1, -0.05) is 43.9 Å². The van der Waals surface area contributed by atoms with Crippen molar-refractivity contribution < 1.29 is 5.11 Å². The molecule has 2 rings (SSSR count). The maximum atomic E-state index is 10.5. The lowest BCUT2D eigenvalue weighted by atomic mass is 9.77. The van der Waals surface area contributed by atoms with Crippen LogP contribution in [0.15, 0.2) is 18.2 Å². The largest absolute Gasteiger partial charge is 0.398 e. The summed E-state index contributed by atoms with van der Waals surface area (Å²) in [6, 6.07) is 5.38. The second kappa shape index (κ2) is 5.94. The molecule has 3 heteroatoms. The van der Waals surface area contributed by atoms with Gasteiger partial charge in [-0.15, -0.1) is 0 Å². The van der Waals surface area contributed by atoms with Crippen LogP contribution in [0.3, 0.4) is 0 Å². The molecular weight excluding hydrogens is 246 g/mol. The van der Waals surface area contributed by atoms with Crippen LogP contribution in [0.4, 0.5) is 5.69 Å². The van der Waals surface area contributed by atoms with E-state index in [0.29, 0.717) is 16.6 Å². The summed E-state index contributed by atoms with van der Waals surface area (Å²) in [5, 5.41) is 11.1. The van der Waals surface area contributed by atoms with E-state index in [9.17, 15) is 5.11 Å². The van der Waals surface area contributed by atoms with Crippen LogP contribution >= 0.6 is 11.6 Å². The quantitative estimate of drug-likeness (QED) is 0.808. The Morgan fingerprint density at radius 1 is 1.33 bits per heavy atom. The first-order chi connectivity index (χ1) is 8.61. The van der Waals surface area contributed by atoms with E-state index in [2.05, 4.69) is 6.92 Å². The Balaban J connectivity index is 2.05. The summed E-state index contributed by atoms with van der Waals surface area (Å²) in [6.45, 7) is 2.25. The average Bonchev–Trinajstić information content (AvgIpc) is 2.38. The molecule has 0 aromatic heterocycles. The lowest BCUT2D eigenvalue weighted by Gasteiger charge is -2.31. The monoisotopic (exact) mass is 267 g/mol. The van der Waals surface area contributed by atoms with Gasteiger partial charge >= 0.3 is 0 Å². The molecule has 0 amide bonds. The Hall–Kier alpha value is -0.730. The van der Waals surface area contributed by atoms with Gasteiger partial charge in [0.2, 0.25) is 0 Å². The number of benzene rings is 1. The van der Waals surface area contributed by atoms with E-state index in [4.69, 9.17) is 17.3 Å². The number of anilines is 1. The lowest BCUT2D eigenvalue weighted by Crippen LogP contribution is -2.20. The highest BCUT2D eigenvalue weighted by molar-refractivity contribution is 6.30. The number of nitrogen functional groups attached to an aromatic ring is 1. The normalized spacial score (nSPS) is 25.9. The Morgan fingerprint density at radius 2 is 2.00 bits per heavy atom. The van der Waals surface area contributed by atoms with Gasteiger partial charge in [0.1, 0.15) is 0 Å². The third-order valence-electron chi connectivity index (χ3n) is 4.28.